The molecule has 0 bridgehead atoms. The van der Waals surface area contributed by atoms with Gasteiger partial charge < -0.3 is 0 Å². The van der Waals surface area contributed by atoms with Crippen molar-refractivity contribution in [2.45, 2.75) is 79.6 Å². The van der Waals surface area contributed by atoms with Crippen molar-refractivity contribution < 1.29 is 4.79 Å². The van der Waals surface area contributed by atoms with Gasteiger partial charge in [-0.15, -0.1) is 0 Å². The SMILES string of the molecule is CCC(CCCC=C(C)C)C1(C)CCCC(=O)C1C. The Hall–Kier alpha value is -0.590. The van der Waals surface area contributed by atoms with E-state index < -0.39 is 0 Å². The predicted molar refractivity (Wildman–Crippen MR) is 83.2 cm³/mol. The van der Waals surface area contributed by atoms with Crippen LogP contribution in [0.2, 0.25) is 0 Å². The molecule has 0 radical (unpaired) electrons. The standard InChI is InChI=1S/C18H32O/c1-6-16(11-8-7-10-14(2)3)18(5)13-9-12-17(19)15(18)4/h10,15-16H,6-9,11-13H2,1-5H3. The van der Waals surface area contributed by atoms with Gasteiger partial charge in [0.15, 0.2) is 0 Å². The second-order valence-corrected chi connectivity index (χ2v) is 6.86. The largest absolute Gasteiger partial charge is 0.299 e. The molecule has 1 aliphatic rings. The molecule has 1 rings (SSSR count). The van der Waals surface area contributed by atoms with E-state index in [1.807, 2.05) is 0 Å². The van der Waals surface area contributed by atoms with Gasteiger partial charge in [-0.3, -0.25) is 4.79 Å². The number of carbonyl (C=O) groups is 1. The summed E-state index contributed by atoms with van der Waals surface area (Å²) in [5.74, 6) is 1.46. The van der Waals surface area contributed by atoms with Gasteiger partial charge in [-0.05, 0) is 57.3 Å². The number of allylic oxidation sites excluding steroid dienone is 2. The summed E-state index contributed by atoms with van der Waals surface area (Å²) < 4.78 is 0. The van der Waals surface area contributed by atoms with Crippen molar-refractivity contribution in [3.63, 3.8) is 0 Å². The molecule has 0 spiro atoms. The molecule has 1 aliphatic carbocycles. The average molecular weight is 264 g/mol. The summed E-state index contributed by atoms with van der Waals surface area (Å²) in [6.45, 7) is 11.2. The van der Waals surface area contributed by atoms with Crippen LogP contribution in [0.1, 0.15) is 79.6 Å². The monoisotopic (exact) mass is 264 g/mol. The van der Waals surface area contributed by atoms with Crippen molar-refractivity contribution in [3.8, 4) is 0 Å². The number of ketones is 1. The molecule has 1 nitrogen and oxygen atoms in total. The van der Waals surface area contributed by atoms with Crippen molar-refractivity contribution >= 4 is 5.78 Å². The van der Waals surface area contributed by atoms with E-state index in [-0.39, 0.29) is 11.3 Å². The van der Waals surface area contributed by atoms with Crippen LogP contribution in [0.3, 0.4) is 0 Å². The van der Waals surface area contributed by atoms with Gasteiger partial charge in [0.25, 0.3) is 0 Å². The quantitative estimate of drug-likeness (QED) is 0.454. The highest BCUT2D eigenvalue weighted by atomic mass is 16.1. The fourth-order valence-corrected chi connectivity index (χ4v) is 3.76. The maximum Gasteiger partial charge on any atom is 0.136 e. The van der Waals surface area contributed by atoms with E-state index in [1.165, 1.54) is 37.7 Å². The first-order valence-corrected chi connectivity index (χ1v) is 8.08. The molecule has 0 N–H and O–H groups in total. The Morgan fingerprint density at radius 3 is 2.74 bits per heavy atom. The van der Waals surface area contributed by atoms with Crippen LogP contribution in [-0.4, -0.2) is 5.78 Å². The number of Topliss-reactive ketones (excluding diaryl/α,β-unsaturated/α-hetero) is 1. The van der Waals surface area contributed by atoms with Crippen molar-refractivity contribution in [1.82, 2.24) is 0 Å². The Kier molecular flexibility index (Phi) is 6.29. The molecule has 0 saturated heterocycles. The van der Waals surface area contributed by atoms with Crippen molar-refractivity contribution in [1.29, 1.82) is 0 Å². The molecule has 0 amide bonds. The van der Waals surface area contributed by atoms with Gasteiger partial charge in [0.05, 0.1) is 0 Å². The first-order valence-electron chi connectivity index (χ1n) is 8.08. The Labute approximate surface area is 119 Å². The van der Waals surface area contributed by atoms with Crippen LogP contribution in [0.15, 0.2) is 11.6 Å². The minimum atomic E-state index is 0.245. The van der Waals surface area contributed by atoms with Crippen LogP contribution < -0.4 is 0 Å². The molecule has 1 heteroatoms. The first kappa shape index (κ1) is 16.5. The minimum Gasteiger partial charge on any atom is -0.299 e. The third-order valence-electron chi connectivity index (χ3n) is 5.35. The van der Waals surface area contributed by atoms with Crippen LogP contribution in [0, 0.1) is 17.3 Å². The molecule has 3 unspecified atom stereocenters. The minimum absolute atomic E-state index is 0.245. The van der Waals surface area contributed by atoms with E-state index >= 15 is 0 Å². The molecule has 3 atom stereocenters. The summed E-state index contributed by atoms with van der Waals surface area (Å²) >= 11 is 0. The van der Waals surface area contributed by atoms with Crippen LogP contribution in [0.5, 0.6) is 0 Å². The van der Waals surface area contributed by atoms with Gasteiger partial charge in [-0.25, -0.2) is 0 Å². The molecule has 19 heavy (non-hydrogen) atoms. The maximum atomic E-state index is 12.0. The third kappa shape index (κ3) is 4.19. The molecular formula is C18H32O. The molecule has 1 fully saturated rings. The summed E-state index contributed by atoms with van der Waals surface area (Å²) in [6.07, 6.45) is 10.4. The number of unbranched alkanes of at least 4 members (excludes halogenated alkanes) is 1. The van der Waals surface area contributed by atoms with Crippen molar-refractivity contribution in [2.24, 2.45) is 17.3 Å². The molecule has 0 aromatic rings. The topological polar surface area (TPSA) is 17.1 Å². The van der Waals surface area contributed by atoms with E-state index in [0.29, 0.717) is 11.7 Å². The Bertz CT molecular complexity index is 325. The fraction of sp³-hybridized carbons (Fsp3) is 0.833. The summed E-state index contributed by atoms with van der Waals surface area (Å²) in [5.41, 5.74) is 1.66. The number of rotatable bonds is 6. The van der Waals surface area contributed by atoms with E-state index in [2.05, 4.69) is 40.7 Å². The maximum absolute atomic E-state index is 12.0. The predicted octanol–water partition coefficient (Wildman–Crippen LogP) is 5.54. The lowest BCUT2D eigenvalue weighted by atomic mass is 9.59. The second kappa shape index (κ2) is 7.26. The van der Waals surface area contributed by atoms with E-state index in [0.717, 1.165) is 12.8 Å². The summed E-state index contributed by atoms with van der Waals surface area (Å²) in [7, 11) is 0. The Morgan fingerprint density at radius 1 is 1.47 bits per heavy atom. The highest BCUT2D eigenvalue weighted by molar-refractivity contribution is 5.82. The Balaban J connectivity index is 2.61. The van der Waals surface area contributed by atoms with Gasteiger partial charge in [0.1, 0.15) is 5.78 Å². The molecule has 110 valence electrons. The number of carbonyl (C=O) groups excluding carboxylic acids is 1. The summed E-state index contributed by atoms with van der Waals surface area (Å²) in [4.78, 5) is 12.0. The molecule has 0 aromatic carbocycles. The van der Waals surface area contributed by atoms with Crippen LogP contribution in [0.4, 0.5) is 0 Å². The van der Waals surface area contributed by atoms with Crippen molar-refractivity contribution in [3.05, 3.63) is 11.6 Å². The third-order valence-corrected chi connectivity index (χ3v) is 5.35. The average Bonchev–Trinajstić information content (AvgIpc) is 2.35. The molecular weight excluding hydrogens is 232 g/mol. The number of hydrogen-bond donors (Lipinski definition) is 0. The number of hydrogen-bond acceptors (Lipinski definition) is 1. The lowest BCUT2D eigenvalue weighted by Crippen LogP contribution is -2.41. The Morgan fingerprint density at radius 2 is 2.16 bits per heavy atom. The molecule has 0 aromatic heterocycles. The summed E-state index contributed by atoms with van der Waals surface area (Å²) in [6, 6.07) is 0. The zero-order chi connectivity index (χ0) is 14.5. The van der Waals surface area contributed by atoms with Gasteiger partial charge in [-0.2, -0.15) is 0 Å². The first-order chi connectivity index (χ1) is 8.91. The van der Waals surface area contributed by atoms with Gasteiger partial charge in [0, 0.05) is 12.3 Å². The normalized spacial score (nSPS) is 29.1. The summed E-state index contributed by atoms with van der Waals surface area (Å²) in [5, 5.41) is 0. The van der Waals surface area contributed by atoms with Crippen LogP contribution in [-0.2, 0) is 4.79 Å². The zero-order valence-corrected chi connectivity index (χ0v) is 13.6. The van der Waals surface area contributed by atoms with Crippen molar-refractivity contribution in [2.75, 3.05) is 0 Å². The second-order valence-electron chi connectivity index (χ2n) is 6.86. The highest BCUT2D eigenvalue weighted by Crippen LogP contribution is 2.47. The van der Waals surface area contributed by atoms with E-state index in [9.17, 15) is 4.79 Å². The fourth-order valence-electron chi connectivity index (χ4n) is 3.76. The lowest BCUT2D eigenvalue weighted by molar-refractivity contribution is -0.131. The molecule has 1 saturated carbocycles. The van der Waals surface area contributed by atoms with Crippen LogP contribution in [0.25, 0.3) is 0 Å². The molecule has 0 aliphatic heterocycles. The lowest BCUT2D eigenvalue weighted by Gasteiger charge is -2.45. The van der Waals surface area contributed by atoms with Gasteiger partial charge in [0.2, 0.25) is 0 Å². The molecule has 0 heterocycles. The van der Waals surface area contributed by atoms with E-state index in [1.54, 1.807) is 0 Å². The van der Waals surface area contributed by atoms with Gasteiger partial charge >= 0.3 is 0 Å². The highest BCUT2D eigenvalue weighted by Gasteiger charge is 2.43. The van der Waals surface area contributed by atoms with Gasteiger partial charge in [-0.1, -0.05) is 38.8 Å². The van der Waals surface area contributed by atoms with Crippen LogP contribution >= 0.6 is 0 Å². The van der Waals surface area contributed by atoms with E-state index in [4.69, 9.17) is 0 Å². The zero-order valence-electron chi connectivity index (χ0n) is 13.6. The smallest absolute Gasteiger partial charge is 0.136 e.